The zero-order chi connectivity index (χ0) is 12.1. The maximum atomic E-state index is 6.13. The Balaban J connectivity index is 2.89. The summed E-state index contributed by atoms with van der Waals surface area (Å²) in [6.07, 6.45) is 1.16. The van der Waals surface area contributed by atoms with Gasteiger partial charge in [0.15, 0.2) is 0 Å². The third-order valence-corrected chi connectivity index (χ3v) is 3.67. The summed E-state index contributed by atoms with van der Waals surface area (Å²) in [6.45, 7) is 4.47. The Morgan fingerprint density at radius 1 is 1.38 bits per heavy atom. The summed E-state index contributed by atoms with van der Waals surface area (Å²) in [6, 6.07) is 6.04. The van der Waals surface area contributed by atoms with E-state index in [0.717, 1.165) is 17.5 Å². The van der Waals surface area contributed by atoms with Gasteiger partial charge in [-0.1, -0.05) is 47.4 Å². The van der Waals surface area contributed by atoms with Crippen molar-refractivity contribution in [1.29, 1.82) is 0 Å². The first kappa shape index (κ1) is 13.9. The van der Waals surface area contributed by atoms with E-state index in [-0.39, 0.29) is 0 Å². The molecule has 90 valence electrons. The number of hydrogen-bond donors (Lipinski definition) is 0. The number of methoxy groups -OCH3 is 1. The molecular formula is C13H18BrClO. The highest BCUT2D eigenvalue weighted by molar-refractivity contribution is 9.09. The Morgan fingerprint density at radius 2 is 2.06 bits per heavy atom. The van der Waals surface area contributed by atoms with Crippen LogP contribution in [0.15, 0.2) is 18.2 Å². The number of alkyl halides is 1. The van der Waals surface area contributed by atoms with Crippen molar-refractivity contribution in [3.8, 4) is 5.75 Å². The highest BCUT2D eigenvalue weighted by atomic mass is 79.9. The molecule has 0 N–H and O–H groups in total. The first-order chi connectivity index (χ1) is 7.58. The van der Waals surface area contributed by atoms with Gasteiger partial charge in [-0.05, 0) is 36.0 Å². The first-order valence-electron chi connectivity index (χ1n) is 5.47. The molecule has 16 heavy (non-hydrogen) atoms. The summed E-state index contributed by atoms with van der Waals surface area (Å²) in [5.74, 6) is 1.94. The summed E-state index contributed by atoms with van der Waals surface area (Å²) in [5, 5.41) is 1.66. The Bertz CT molecular complexity index is 339. The fourth-order valence-corrected chi connectivity index (χ4v) is 2.70. The summed E-state index contributed by atoms with van der Waals surface area (Å²) < 4.78 is 5.15. The van der Waals surface area contributed by atoms with Crippen LogP contribution in [0.1, 0.15) is 31.7 Å². The molecule has 1 unspecified atom stereocenters. The van der Waals surface area contributed by atoms with E-state index in [1.165, 1.54) is 5.56 Å². The molecule has 0 aliphatic carbocycles. The normalized spacial score (nSPS) is 12.9. The van der Waals surface area contributed by atoms with E-state index in [9.17, 15) is 0 Å². The maximum Gasteiger partial charge on any atom is 0.137 e. The van der Waals surface area contributed by atoms with Gasteiger partial charge in [-0.2, -0.15) is 0 Å². The topological polar surface area (TPSA) is 9.23 Å². The number of ether oxygens (including phenoxy) is 1. The second kappa shape index (κ2) is 6.51. The largest absolute Gasteiger partial charge is 0.495 e. The lowest BCUT2D eigenvalue weighted by Gasteiger charge is -2.17. The molecular weight excluding hydrogens is 287 g/mol. The number of halogens is 2. The van der Waals surface area contributed by atoms with Gasteiger partial charge >= 0.3 is 0 Å². The van der Waals surface area contributed by atoms with Crippen LogP contribution in [0, 0.1) is 5.92 Å². The summed E-state index contributed by atoms with van der Waals surface area (Å²) in [4.78, 5) is 0. The molecule has 0 aliphatic rings. The third kappa shape index (κ3) is 3.67. The van der Waals surface area contributed by atoms with Crippen LogP contribution in [-0.2, 0) is 0 Å². The van der Waals surface area contributed by atoms with Crippen molar-refractivity contribution < 1.29 is 4.74 Å². The van der Waals surface area contributed by atoms with Crippen molar-refractivity contribution >= 4 is 27.5 Å². The Kier molecular flexibility index (Phi) is 5.63. The highest BCUT2D eigenvalue weighted by Gasteiger charge is 2.13. The molecule has 0 aliphatic heterocycles. The van der Waals surface area contributed by atoms with Crippen molar-refractivity contribution in [1.82, 2.24) is 0 Å². The molecule has 0 saturated carbocycles. The summed E-state index contributed by atoms with van der Waals surface area (Å²) in [5.41, 5.74) is 1.27. The molecule has 0 saturated heterocycles. The number of rotatable bonds is 5. The molecule has 0 fully saturated rings. The molecule has 1 aromatic rings. The second-order valence-corrected chi connectivity index (χ2v) is 5.43. The van der Waals surface area contributed by atoms with Gasteiger partial charge in [0.1, 0.15) is 5.75 Å². The van der Waals surface area contributed by atoms with Gasteiger partial charge in [-0.3, -0.25) is 0 Å². The van der Waals surface area contributed by atoms with Crippen molar-refractivity contribution in [3.05, 3.63) is 28.8 Å². The van der Waals surface area contributed by atoms with Crippen LogP contribution in [-0.4, -0.2) is 12.4 Å². The van der Waals surface area contributed by atoms with Gasteiger partial charge < -0.3 is 4.74 Å². The van der Waals surface area contributed by atoms with E-state index in [1.807, 2.05) is 12.1 Å². The first-order valence-corrected chi connectivity index (χ1v) is 6.97. The molecule has 0 heterocycles. The smallest absolute Gasteiger partial charge is 0.137 e. The molecule has 1 aromatic carbocycles. The molecule has 0 radical (unpaired) electrons. The highest BCUT2D eigenvalue weighted by Crippen LogP contribution is 2.32. The quantitative estimate of drug-likeness (QED) is 0.705. The lowest BCUT2D eigenvalue weighted by Crippen LogP contribution is -2.04. The number of benzene rings is 1. The van der Waals surface area contributed by atoms with Crippen LogP contribution in [0.25, 0.3) is 0 Å². The van der Waals surface area contributed by atoms with Gasteiger partial charge in [0.25, 0.3) is 0 Å². The van der Waals surface area contributed by atoms with Crippen molar-refractivity contribution in [2.45, 2.75) is 26.2 Å². The van der Waals surface area contributed by atoms with Crippen molar-refractivity contribution in [3.63, 3.8) is 0 Å². The van der Waals surface area contributed by atoms with Gasteiger partial charge in [-0.15, -0.1) is 0 Å². The fraction of sp³-hybridized carbons (Fsp3) is 0.538. The summed E-state index contributed by atoms with van der Waals surface area (Å²) >= 11 is 9.69. The molecule has 1 rings (SSSR count). The molecule has 3 heteroatoms. The van der Waals surface area contributed by atoms with E-state index in [2.05, 4.69) is 35.8 Å². The van der Waals surface area contributed by atoms with E-state index in [4.69, 9.17) is 16.3 Å². The Hall–Kier alpha value is -0.210. The Morgan fingerprint density at radius 3 is 2.50 bits per heavy atom. The van der Waals surface area contributed by atoms with Crippen LogP contribution >= 0.6 is 27.5 Å². The zero-order valence-electron chi connectivity index (χ0n) is 9.97. The molecule has 0 spiro atoms. The fourth-order valence-electron chi connectivity index (χ4n) is 1.79. The second-order valence-electron chi connectivity index (χ2n) is 4.37. The van der Waals surface area contributed by atoms with Gasteiger partial charge in [0.05, 0.1) is 12.1 Å². The van der Waals surface area contributed by atoms with Crippen LogP contribution in [0.3, 0.4) is 0 Å². The summed E-state index contributed by atoms with van der Waals surface area (Å²) in [7, 11) is 1.64. The van der Waals surface area contributed by atoms with E-state index >= 15 is 0 Å². The van der Waals surface area contributed by atoms with Gasteiger partial charge in [0.2, 0.25) is 0 Å². The SMILES string of the molecule is COc1ccc(C(CBr)CC(C)C)cc1Cl. The van der Waals surface area contributed by atoms with Crippen molar-refractivity contribution in [2.75, 3.05) is 12.4 Å². The standard InChI is InChI=1S/C13H18BrClO/c1-9(2)6-11(8-14)10-4-5-13(16-3)12(15)7-10/h4-5,7,9,11H,6,8H2,1-3H3. The van der Waals surface area contributed by atoms with Gasteiger partial charge in [0, 0.05) is 5.33 Å². The third-order valence-electron chi connectivity index (χ3n) is 2.59. The van der Waals surface area contributed by atoms with Crippen LogP contribution in [0.2, 0.25) is 5.02 Å². The Labute approximate surface area is 111 Å². The maximum absolute atomic E-state index is 6.13. The minimum absolute atomic E-state index is 0.517. The number of hydrogen-bond acceptors (Lipinski definition) is 1. The average Bonchev–Trinajstić information content (AvgIpc) is 2.25. The predicted molar refractivity (Wildman–Crippen MR) is 74.0 cm³/mol. The lowest BCUT2D eigenvalue weighted by atomic mass is 9.92. The minimum Gasteiger partial charge on any atom is -0.495 e. The van der Waals surface area contributed by atoms with Crippen molar-refractivity contribution in [2.24, 2.45) is 5.92 Å². The van der Waals surface area contributed by atoms with E-state index < -0.39 is 0 Å². The predicted octanol–water partition coefficient (Wildman–Crippen LogP) is 4.87. The molecule has 0 bridgehead atoms. The van der Waals surface area contributed by atoms with E-state index in [0.29, 0.717) is 16.9 Å². The molecule has 0 aromatic heterocycles. The average molecular weight is 306 g/mol. The van der Waals surface area contributed by atoms with Crippen LogP contribution in [0.5, 0.6) is 5.75 Å². The van der Waals surface area contributed by atoms with Gasteiger partial charge in [-0.25, -0.2) is 0 Å². The minimum atomic E-state index is 0.517. The zero-order valence-corrected chi connectivity index (χ0v) is 12.3. The monoisotopic (exact) mass is 304 g/mol. The molecule has 0 amide bonds. The lowest BCUT2D eigenvalue weighted by molar-refractivity contribution is 0.414. The van der Waals surface area contributed by atoms with Crippen LogP contribution in [0.4, 0.5) is 0 Å². The van der Waals surface area contributed by atoms with E-state index in [1.54, 1.807) is 7.11 Å². The molecule has 1 nitrogen and oxygen atoms in total. The molecule has 1 atom stereocenters. The van der Waals surface area contributed by atoms with Crippen LogP contribution < -0.4 is 4.74 Å².